The summed E-state index contributed by atoms with van der Waals surface area (Å²) in [4.78, 5) is 0. The molecule has 0 heterocycles. The third-order valence-corrected chi connectivity index (χ3v) is 0. The minimum Gasteiger partial charge on any atom is -0.0928 e. The monoisotopic (exact) mass is 309 g/mol. The SMILES string of the molecule is [CH2]CBr.[Hg]. The van der Waals surface area contributed by atoms with E-state index >= 15 is 0 Å². The number of hydrogen-bond acceptors (Lipinski definition) is 0. The Morgan fingerprint density at radius 2 is 1.75 bits per heavy atom. The summed E-state index contributed by atoms with van der Waals surface area (Å²) in [6.45, 7) is 3.40. The second kappa shape index (κ2) is 8.83. The quantitative estimate of drug-likeness (QED) is 0.466. The fourth-order valence-electron chi connectivity index (χ4n) is 0. The first-order valence-electron chi connectivity index (χ1n) is 0.767. The Kier molecular flexibility index (Phi) is 20.0. The molecule has 0 aromatic heterocycles. The van der Waals surface area contributed by atoms with Crippen molar-refractivity contribution in [3.63, 3.8) is 0 Å². The van der Waals surface area contributed by atoms with E-state index in [0.717, 1.165) is 5.33 Å². The molecule has 2 heteroatoms. The summed E-state index contributed by atoms with van der Waals surface area (Å²) < 4.78 is 0. The molecule has 0 aliphatic carbocycles. The summed E-state index contributed by atoms with van der Waals surface area (Å²) in [6, 6.07) is 0. The number of rotatable bonds is 0. The van der Waals surface area contributed by atoms with E-state index in [9.17, 15) is 0 Å². The van der Waals surface area contributed by atoms with Crippen molar-refractivity contribution >= 4 is 15.9 Å². The van der Waals surface area contributed by atoms with Crippen LogP contribution in [0.2, 0.25) is 0 Å². The van der Waals surface area contributed by atoms with E-state index in [1.54, 1.807) is 0 Å². The van der Waals surface area contributed by atoms with Crippen molar-refractivity contribution in [2.75, 3.05) is 5.33 Å². The van der Waals surface area contributed by atoms with Gasteiger partial charge in [-0.25, -0.2) is 0 Å². The van der Waals surface area contributed by atoms with Crippen LogP contribution in [-0.2, 0) is 27.7 Å². The average Bonchev–Trinajstić information content (AvgIpc) is 0.918. The number of halogens is 1. The molecule has 0 aromatic rings. The summed E-state index contributed by atoms with van der Waals surface area (Å²) in [6.07, 6.45) is 0. The van der Waals surface area contributed by atoms with Gasteiger partial charge in [-0.3, -0.25) is 0 Å². The zero-order valence-corrected chi connectivity index (χ0v) is 9.58. The van der Waals surface area contributed by atoms with Crippen LogP contribution in [0.3, 0.4) is 0 Å². The standard InChI is InChI=1S/C2H4Br.Hg/c1-2-3;/h1-2H2;. The van der Waals surface area contributed by atoms with Crippen LogP contribution >= 0.6 is 15.9 Å². The minimum atomic E-state index is 0. The molecule has 0 spiro atoms. The Balaban J connectivity index is 0. The van der Waals surface area contributed by atoms with Crippen LogP contribution in [0.15, 0.2) is 0 Å². The molecule has 0 saturated heterocycles. The second-order valence-electron chi connectivity index (χ2n) is 0.189. The molecular weight excluding hydrogens is 305 g/mol. The minimum absolute atomic E-state index is 0. The molecule has 0 aliphatic rings. The van der Waals surface area contributed by atoms with Crippen LogP contribution in [0.5, 0.6) is 0 Å². The molecule has 0 rings (SSSR count). The number of alkyl halides is 1. The molecule has 4 heavy (non-hydrogen) atoms. The largest absolute Gasteiger partial charge is 0.0928 e. The van der Waals surface area contributed by atoms with Crippen molar-refractivity contribution in [1.29, 1.82) is 0 Å². The van der Waals surface area contributed by atoms with Crippen molar-refractivity contribution in [3.05, 3.63) is 6.92 Å². The average molecular weight is 309 g/mol. The maximum absolute atomic E-state index is 3.40. The van der Waals surface area contributed by atoms with Crippen LogP contribution in [-0.4, -0.2) is 5.33 Å². The van der Waals surface area contributed by atoms with Crippen molar-refractivity contribution in [3.8, 4) is 0 Å². The molecule has 0 atom stereocenters. The maximum Gasteiger partial charge on any atom is 0.00315 e. The topological polar surface area (TPSA) is 0 Å². The van der Waals surface area contributed by atoms with Gasteiger partial charge in [-0.15, -0.1) is 0 Å². The van der Waals surface area contributed by atoms with Gasteiger partial charge in [0.05, 0.1) is 0 Å². The van der Waals surface area contributed by atoms with Gasteiger partial charge >= 0.3 is 0 Å². The van der Waals surface area contributed by atoms with E-state index in [1.165, 1.54) is 0 Å². The van der Waals surface area contributed by atoms with E-state index in [0.29, 0.717) is 0 Å². The molecule has 21 valence electrons. The number of hydrogen-bond donors (Lipinski definition) is 0. The van der Waals surface area contributed by atoms with Gasteiger partial charge in [0.25, 0.3) is 0 Å². The predicted octanol–water partition coefficient (Wildman–Crippen LogP) is 1.21. The summed E-state index contributed by atoms with van der Waals surface area (Å²) in [5, 5.41) is 0.812. The van der Waals surface area contributed by atoms with Crippen molar-refractivity contribution < 1.29 is 27.7 Å². The molecule has 0 fully saturated rings. The van der Waals surface area contributed by atoms with Gasteiger partial charge in [-0.2, -0.15) is 0 Å². The Morgan fingerprint density at radius 1 is 1.75 bits per heavy atom. The van der Waals surface area contributed by atoms with Gasteiger partial charge < -0.3 is 0 Å². The van der Waals surface area contributed by atoms with Gasteiger partial charge in [0.15, 0.2) is 0 Å². The van der Waals surface area contributed by atoms with Gasteiger partial charge in [-0.05, 0) is 6.92 Å². The van der Waals surface area contributed by atoms with Crippen LogP contribution in [0.1, 0.15) is 0 Å². The molecule has 0 nitrogen and oxygen atoms in total. The molecule has 0 aliphatic heterocycles. The molecule has 0 aromatic carbocycles. The molecule has 0 bridgehead atoms. The first-order chi connectivity index (χ1) is 1.41. The third-order valence-electron chi connectivity index (χ3n) is 0. The summed E-state index contributed by atoms with van der Waals surface area (Å²) in [7, 11) is 0. The smallest absolute Gasteiger partial charge is 0.00315 e. The summed E-state index contributed by atoms with van der Waals surface area (Å²) in [5.74, 6) is 0. The Bertz CT molecular complexity index is 6.00. The zero-order valence-electron chi connectivity index (χ0n) is 2.50. The molecular formula is C2H4BrHg. The van der Waals surface area contributed by atoms with E-state index < -0.39 is 0 Å². The van der Waals surface area contributed by atoms with E-state index in [2.05, 4.69) is 22.9 Å². The maximum atomic E-state index is 3.40. The van der Waals surface area contributed by atoms with Gasteiger partial charge in [-0.1, -0.05) is 15.9 Å². The third kappa shape index (κ3) is 9.95. The van der Waals surface area contributed by atoms with Gasteiger partial charge in [0.1, 0.15) is 0 Å². The fourth-order valence-corrected chi connectivity index (χ4v) is 0. The van der Waals surface area contributed by atoms with Crippen LogP contribution < -0.4 is 0 Å². The molecule has 0 N–H and O–H groups in total. The Hall–Kier alpha value is 1.42. The fraction of sp³-hybridized carbons (Fsp3) is 0.500. The van der Waals surface area contributed by atoms with Gasteiger partial charge in [0.2, 0.25) is 0 Å². The van der Waals surface area contributed by atoms with Crippen molar-refractivity contribution in [2.45, 2.75) is 0 Å². The summed E-state index contributed by atoms with van der Waals surface area (Å²) >= 11 is 3.03. The van der Waals surface area contributed by atoms with Crippen molar-refractivity contribution in [2.24, 2.45) is 0 Å². The van der Waals surface area contributed by atoms with E-state index in [-0.39, 0.29) is 27.7 Å². The molecule has 0 unspecified atom stereocenters. The first-order valence-corrected chi connectivity index (χ1v) is 1.89. The molecule has 1 radical (unpaired) electrons. The van der Waals surface area contributed by atoms with Crippen LogP contribution in [0, 0.1) is 6.92 Å². The zero-order chi connectivity index (χ0) is 2.71. The van der Waals surface area contributed by atoms with E-state index in [1.807, 2.05) is 0 Å². The van der Waals surface area contributed by atoms with Gasteiger partial charge in [0, 0.05) is 33.0 Å². The van der Waals surface area contributed by atoms with E-state index in [4.69, 9.17) is 0 Å². The normalized spacial score (nSPS) is 4.50. The predicted molar refractivity (Wildman–Crippen MR) is 19.2 cm³/mol. The first kappa shape index (κ1) is 9.05. The molecule has 0 saturated carbocycles. The van der Waals surface area contributed by atoms with Crippen LogP contribution in [0.25, 0.3) is 0 Å². The molecule has 0 amide bonds. The Morgan fingerprint density at radius 3 is 1.75 bits per heavy atom. The summed E-state index contributed by atoms with van der Waals surface area (Å²) in [5.41, 5.74) is 0. The van der Waals surface area contributed by atoms with Crippen LogP contribution in [0.4, 0.5) is 0 Å². The second-order valence-corrected chi connectivity index (χ2v) is 0.982. The Labute approximate surface area is 55.6 Å². The van der Waals surface area contributed by atoms with Crippen molar-refractivity contribution in [1.82, 2.24) is 0 Å².